The van der Waals surface area contributed by atoms with Crippen molar-refractivity contribution in [3.8, 4) is 5.75 Å². The van der Waals surface area contributed by atoms with Gasteiger partial charge in [-0.25, -0.2) is 0 Å². The predicted octanol–water partition coefficient (Wildman–Crippen LogP) is 1.51. The fraction of sp³-hybridized carbons (Fsp3) is 0.538. The van der Waals surface area contributed by atoms with Gasteiger partial charge in [0.05, 0.1) is 6.10 Å². The molecule has 1 aliphatic rings. The van der Waals surface area contributed by atoms with Gasteiger partial charge in [-0.3, -0.25) is 4.98 Å². The van der Waals surface area contributed by atoms with E-state index in [1.54, 1.807) is 25.4 Å². The minimum atomic E-state index is -0.0242. The van der Waals surface area contributed by atoms with E-state index in [1.807, 2.05) is 0 Å². The molecule has 1 saturated carbocycles. The molecule has 6 nitrogen and oxygen atoms in total. The van der Waals surface area contributed by atoms with Crippen LogP contribution in [0.5, 0.6) is 5.75 Å². The SMILES string of the molecule is COC1CCCC(Oc2ccnc(C(N)=NO)c2)C1. The summed E-state index contributed by atoms with van der Waals surface area (Å²) < 4.78 is 11.3. The summed E-state index contributed by atoms with van der Waals surface area (Å²) >= 11 is 0. The Morgan fingerprint density at radius 2 is 2.26 bits per heavy atom. The van der Waals surface area contributed by atoms with Crippen molar-refractivity contribution in [1.29, 1.82) is 0 Å². The summed E-state index contributed by atoms with van der Waals surface area (Å²) in [6.07, 6.45) is 6.08. The average Bonchev–Trinajstić information content (AvgIpc) is 2.47. The first-order chi connectivity index (χ1) is 9.22. The number of hydrogen-bond acceptors (Lipinski definition) is 5. The number of rotatable bonds is 4. The van der Waals surface area contributed by atoms with Crippen LogP contribution in [-0.2, 0) is 4.74 Å². The van der Waals surface area contributed by atoms with E-state index in [0.29, 0.717) is 11.4 Å². The van der Waals surface area contributed by atoms with Crippen LogP contribution in [0.2, 0.25) is 0 Å². The fourth-order valence-corrected chi connectivity index (χ4v) is 2.29. The van der Waals surface area contributed by atoms with E-state index in [4.69, 9.17) is 20.4 Å². The van der Waals surface area contributed by atoms with Crippen molar-refractivity contribution in [2.45, 2.75) is 37.9 Å². The number of methoxy groups -OCH3 is 1. The van der Waals surface area contributed by atoms with Crippen LogP contribution in [0.4, 0.5) is 0 Å². The van der Waals surface area contributed by atoms with Crippen LogP contribution < -0.4 is 10.5 Å². The summed E-state index contributed by atoms with van der Waals surface area (Å²) in [5.74, 6) is 0.655. The predicted molar refractivity (Wildman–Crippen MR) is 70.4 cm³/mol. The van der Waals surface area contributed by atoms with Crippen molar-refractivity contribution in [2.75, 3.05) is 7.11 Å². The third kappa shape index (κ3) is 3.57. The third-order valence-corrected chi connectivity index (χ3v) is 3.32. The van der Waals surface area contributed by atoms with Gasteiger partial charge in [-0.1, -0.05) is 5.16 Å². The van der Waals surface area contributed by atoms with Gasteiger partial charge in [0, 0.05) is 25.8 Å². The van der Waals surface area contributed by atoms with Crippen molar-refractivity contribution in [3.05, 3.63) is 24.0 Å². The van der Waals surface area contributed by atoms with Crippen molar-refractivity contribution in [1.82, 2.24) is 4.98 Å². The van der Waals surface area contributed by atoms with Gasteiger partial charge in [-0.15, -0.1) is 0 Å². The van der Waals surface area contributed by atoms with Crippen molar-refractivity contribution >= 4 is 5.84 Å². The van der Waals surface area contributed by atoms with E-state index in [2.05, 4.69) is 10.1 Å². The number of nitrogens with two attached hydrogens (primary N) is 1. The second-order valence-electron chi connectivity index (χ2n) is 4.63. The summed E-state index contributed by atoms with van der Waals surface area (Å²) in [6.45, 7) is 0. The summed E-state index contributed by atoms with van der Waals surface area (Å²) in [4.78, 5) is 4.01. The number of oxime groups is 1. The monoisotopic (exact) mass is 265 g/mol. The van der Waals surface area contributed by atoms with Crippen LogP contribution in [0.1, 0.15) is 31.4 Å². The molecule has 3 N–H and O–H groups in total. The Morgan fingerprint density at radius 3 is 3.00 bits per heavy atom. The first-order valence-electron chi connectivity index (χ1n) is 6.36. The lowest BCUT2D eigenvalue weighted by atomic mass is 9.95. The topological polar surface area (TPSA) is 90.0 Å². The lowest BCUT2D eigenvalue weighted by molar-refractivity contribution is 0.0209. The molecule has 1 aromatic rings. The maximum atomic E-state index is 8.63. The maximum absolute atomic E-state index is 8.63. The molecule has 6 heteroatoms. The maximum Gasteiger partial charge on any atom is 0.188 e. The number of ether oxygens (including phenoxy) is 2. The highest BCUT2D eigenvalue weighted by atomic mass is 16.5. The highest BCUT2D eigenvalue weighted by Gasteiger charge is 2.23. The molecule has 0 spiro atoms. The molecule has 0 aromatic carbocycles. The zero-order chi connectivity index (χ0) is 13.7. The van der Waals surface area contributed by atoms with Gasteiger partial charge >= 0.3 is 0 Å². The Kier molecular flexibility index (Phi) is 4.57. The van der Waals surface area contributed by atoms with Gasteiger partial charge in [0.25, 0.3) is 0 Å². The largest absolute Gasteiger partial charge is 0.490 e. The normalized spacial score (nSPS) is 24.2. The zero-order valence-electron chi connectivity index (χ0n) is 11.0. The molecule has 2 rings (SSSR count). The Balaban J connectivity index is 2.02. The first kappa shape index (κ1) is 13.6. The van der Waals surface area contributed by atoms with Crippen LogP contribution >= 0.6 is 0 Å². The lowest BCUT2D eigenvalue weighted by Gasteiger charge is -2.28. The minimum absolute atomic E-state index is 0.0242. The van der Waals surface area contributed by atoms with Gasteiger partial charge in [-0.05, 0) is 25.3 Å². The molecule has 0 bridgehead atoms. The molecule has 0 amide bonds. The Labute approximate surface area is 112 Å². The molecule has 1 fully saturated rings. The molecule has 0 saturated heterocycles. The van der Waals surface area contributed by atoms with E-state index in [1.165, 1.54) is 0 Å². The second-order valence-corrected chi connectivity index (χ2v) is 4.63. The summed E-state index contributed by atoms with van der Waals surface area (Å²) in [7, 11) is 1.73. The zero-order valence-corrected chi connectivity index (χ0v) is 11.0. The first-order valence-corrected chi connectivity index (χ1v) is 6.36. The van der Waals surface area contributed by atoms with Gasteiger partial charge in [0.15, 0.2) is 5.84 Å². The van der Waals surface area contributed by atoms with Crippen LogP contribution in [-0.4, -0.2) is 35.3 Å². The molecule has 2 unspecified atom stereocenters. The van der Waals surface area contributed by atoms with Crippen molar-refractivity contribution in [3.63, 3.8) is 0 Å². The lowest BCUT2D eigenvalue weighted by Crippen LogP contribution is -2.29. The summed E-state index contributed by atoms with van der Waals surface area (Å²) in [5.41, 5.74) is 5.90. The number of nitrogens with zero attached hydrogens (tertiary/aromatic N) is 2. The van der Waals surface area contributed by atoms with Crippen LogP contribution in [0.3, 0.4) is 0 Å². The minimum Gasteiger partial charge on any atom is -0.490 e. The van der Waals surface area contributed by atoms with Crippen LogP contribution in [0.25, 0.3) is 0 Å². The van der Waals surface area contributed by atoms with Gasteiger partial charge in [0.2, 0.25) is 0 Å². The quantitative estimate of drug-likeness (QED) is 0.373. The molecular weight excluding hydrogens is 246 g/mol. The van der Waals surface area contributed by atoms with E-state index >= 15 is 0 Å². The Bertz CT molecular complexity index is 451. The summed E-state index contributed by atoms with van der Waals surface area (Å²) in [6, 6.07) is 3.44. The van der Waals surface area contributed by atoms with E-state index in [9.17, 15) is 0 Å². The standard InChI is InChI=1S/C13H19N3O3/c1-18-9-3-2-4-10(7-9)19-11-5-6-15-12(8-11)13(14)16-17/h5-6,8-10,17H,2-4,7H2,1H3,(H2,14,16). The highest BCUT2D eigenvalue weighted by Crippen LogP contribution is 2.25. The Morgan fingerprint density at radius 1 is 1.47 bits per heavy atom. The van der Waals surface area contributed by atoms with Crippen molar-refractivity contribution < 1.29 is 14.7 Å². The number of amidine groups is 1. The molecule has 19 heavy (non-hydrogen) atoms. The van der Waals surface area contributed by atoms with E-state index < -0.39 is 0 Å². The second kappa shape index (κ2) is 6.38. The molecule has 2 atom stereocenters. The highest BCUT2D eigenvalue weighted by molar-refractivity contribution is 5.95. The number of hydrogen-bond donors (Lipinski definition) is 2. The molecule has 0 radical (unpaired) electrons. The molecular formula is C13H19N3O3. The molecule has 1 aliphatic carbocycles. The van der Waals surface area contributed by atoms with Gasteiger partial charge in [-0.2, -0.15) is 0 Å². The molecule has 104 valence electrons. The van der Waals surface area contributed by atoms with Gasteiger partial charge in [0.1, 0.15) is 17.5 Å². The van der Waals surface area contributed by atoms with Crippen LogP contribution in [0.15, 0.2) is 23.5 Å². The van der Waals surface area contributed by atoms with Gasteiger partial charge < -0.3 is 20.4 Å². The smallest absolute Gasteiger partial charge is 0.188 e. The van der Waals surface area contributed by atoms with Crippen molar-refractivity contribution in [2.24, 2.45) is 10.9 Å². The third-order valence-electron chi connectivity index (χ3n) is 3.32. The molecule has 0 aliphatic heterocycles. The van der Waals surface area contributed by atoms with Crippen LogP contribution in [0, 0.1) is 0 Å². The molecule has 1 heterocycles. The summed E-state index contributed by atoms with van der Waals surface area (Å²) in [5, 5.41) is 11.6. The number of aromatic nitrogens is 1. The fourth-order valence-electron chi connectivity index (χ4n) is 2.29. The van der Waals surface area contributed by atoms with E-state index in [0.717, 1.165) is 25.7 Å². The number of pyridine rings is 1. The Hall–Kier alpha value is -1.82. The average molecular weight is 265 g/mol. The van der Waals surface area contributed by atoms with E-state index in [-0.39, 0.29) is 18.0 Å². The molecule has 1 aromatic heterocycles.